The molecule has 2 N–H and O–H groups in total. The number of benzene rings is 1. The molecule has 0 amide bonds. The number of rotatable bonds is 4. The van der Waals surface area contributed by atoms with Crippen molar-refractivity contribution >= 4 is 11.6 Å². The van der Waals surface area contributed by atoms with E-state index in [0.717, 1.165) is 17.8 Å². The van der Waals surface area contributed by atoms with Gasteiger partial charge in [0.25, 0.3) is 0 Å². The molecule has 270 valence electrons. The van der Waals surface area contributed by atoms with Gasteiger partial charge in [0.05, 0.1) is 0 Å². The van der Waals surface area contributed by atoms with E-state index in [1.807, 2.05) is 101 Å². The van der Waals surface area contributed by atoms with Crippen LogP contribution in [0.15, 0.2) is 72.5 Å². The third-order valence-corrected chi connectivity index (χ3v) is 6.30. The Morgan fingerprint density at radius 3 is 1.50 bits per heavy atom. The van der Waals surface area contributed by atoms with Crippen molar-refractivity contribution in [2.75, 3.05) is 0 Å². The molecule has 1 aromatic carbocycles. The smallest absolute Gasteiger partial charge is 0.164 e. The van der Waals surface area contributed by atoms with E-state index in [-0.39, 0.29) is 81.6 Å². The molecule has 48 heavy (non-hydrogen) atoms. The fourth-order valence-corrected chi connectivity index (χ4v) is 2.91. The van der Waals surface area contributed by atoms with Gasteiger partial charge < -0.3 is 20.2 Å². The second-order valence-corrected chi connectivity index (χ2v) is 14.9. The Hall–Kier alpha value is -2.82. The van der Waals surface area contributed by atoms with Crippen LogP contribution in [0.1, 0.15) is 83.1 Å². The Kier molecular flexibility index (Phi) is 19.1. The van der Waals surface area contributed by atoms with E-state index in [1.54, 1.807) is 12.4 Å². The molecule has 0 spiro atoms. The fraction of sp³-hybridized carbons (Fsp3) is 0.421. The van der Waals surface area contributed by atoms with Crippen LogP contribution in [0, 0.1) is 45.4 Å². The Morgan fingerprint density at radius 1 is 0.688 bits per heavy atom. The van der Waals surface area contributed by atoms with Gasteiger partial charge in [0.15, 0.2) is 11.6 Å². The van der Waals surface area contributed by atoms with E-state index in [4.69, 9.17) is 0 Å². The first-order chi connectivity index (χ1) is 20.8. The van der Waals surface area contributed by atoms with E-state index in [0.29, 0.717) is 11.3 Å². The van der Waals surface area contributed by atoms with Crippen LogP contribution in [-0.4, -0.2) is 31.7 Å². The second-order valence-electron chi connectivity index (χ2n) is 14.9. The number of carbonyl (C=O) groups excluding carboxylic acids is 2. The van der Waals surface area contributed by atoms with Crippen molar-refractivity contribution in [3.8, 4) is 22.5 Å². The summed E-state index contributed by atoms with van der Waals surface area (Å²) in [6.45, 7) is 22.2. The average Bonchev–Trinajstić information content (AvgIpc) is 2.92. The number of nitrogens with zero attached hydrogens (tertiary/aromatic N) is 2. The number of ketones is 2. The molecule has 0 aliphatic carbocycles. The van der Waals surface area contributed by atoms with Crippen molar-refractivity contribution in [3.63, 3.8) is 0 Å². The molecule has 0 unspecified atom stereocenters. The topological polar surface area (TPSA) is 100 Å². The number of aliphatic hydroxyl groups is 2. The van der Waals surface area contributed by atoms with Gasteiger partial charge in [-0.2, -0.15) is 0 Å². The van der Waals surface area contributed by atoms with Gasteiger partial charge in [0, 0.05) is 93.8 Å². The first kappa shape index (κ1) is 47.3. The van der Waals surface area contributed by atoms with Crippen LogP contribution in [0.3, 0.4) is 0 Å². The summed E-state index contributed by atoms with van der Waals surface area (Å²) in [6, 6.07) is 14.4. The summed E-state index contributed by atoms with van der Waals surface area (Å²) in [5, 5.41) is 19.1. The van der Waals surface area contributed by atoms with E-state index in [9.17, 15) is 28.6 Å². The molecule has 0 radical (unpaired) electrons. The van der Waals surface area contributed by atoms with Crippen LogP contribution in [-0.2, 0) is 51.7 Å². The molecule has 10 heteroatoms. The predicted octanol–water partition coefficient (Wildman–Crippen LogP) is 9.86. The fourth-order valence-electron chi connectivity index (χ4n) is 2.91. The van der Waals surface area contributed by atoms with Gasteiger partial charge in [-0.05, 0) is 17.5 Å². The van der Waals surface area contributed by atoms with Crippen molar-refractivity contribution in [1.29, 1.82) is 0 Å². The molecule has 0 aliphatic heterocycles. The number of allylic oxidation sites excluding steroid dienone is 4. The normalized spacial score (nSPS) is 12.2. The Morgan fingerprint density at radius 2 is 1.17 bits per heavy atom. The summed E-state index contributed by atoms with van der Waals surface area (Å²) in [7, 11) is 0. The van der Waals surface area contributed by atoms with Crippen LogP contribution in [0.25, 0.3) is 22.5 Å². The maximum Gasteiger partial charge on any atom is 0.164 e. The van der Waals surface area contributed by atoms with Crippen LogP contribution >= 0.6 is 0 Å². The van der Waals surface area contributed by atoms with Gasteiger partial charge in [-0.25, -0.2) is 0 Å². The van der Waals surface area contributed by atoms with Crippen molar-refractivity contribution < 1.29 is 70.7 Å². The standard InChI is InChI=1S/C16H8F2N2.2C11H20O2.2Pt/c17-12-5-6-13(14(18)9-12)16-7-4-11(10-20-16)15-3-1-2-8-19-15;2*1-10(2,3)8(12)7-9(13)11(4,5)6;;/h1-3,5,7-10H;2*7,12H,1-6H3;;/q-2;;;;/b;2*8-7-;;. The molecule has 3 aromatic rings. The molecule has 0 fully saturated rings. The third-order valence-electron chi connectivity index (χ3n) is 6.30. The first-order valence-electron chi connectivity index (χ1n) is 14.9. The van der Waals surface area contributed by atoms with Crippen LogP contribution in [0.4, 0.5) is 8.78 Å². The van der Waals surface area contributed by atoms with E-state index < -0.39 is 22.5 Å². The number of aliphatic hydroxyl groups excluding tert-OH is 2. The van der Waals surface area contributed by atoms with Crippen molar-refractivity contribution in [2.45, 2.75) is 83.1 Å². The minimum atomic E-state index is -0.698. The molecule has 2 heterocycles. The molecule has 0 atom stereocenters. The number of hydrogen-bond donors (Lipinski definition) is 2. The molecule has 0 bridgehead atoms. The molecular formula is C38H48F2N2O4Pt2-2. The SMILES string of the molecule is CC(C)(C)C(=O)/C=C(\O)C(C)(C)C.CC(C)(C)C(=O)/C=C(\O)C(C)(C)C.Fc1c[c-]c(-c2c[c-]c(-c3ccccn3)cn2)c(F)c1.[Pt].[Pt]. The molecule has 0 saturated carbocycles. The number of hydrogen-bond acceptors (Lipinski definition) is 6. The van der Waals surface area contributed by atoms with Crippen LogP contribution in [0.2, 0.25) is 0 Å². The Balaban J connectivity index is 0. The maximum atomic E-state index is 13.6. The summed E-state index contributed by atoms with van der Waals surface area (Å²) in [6.07, 6.45) is 5.89. The Labute approximate surface area is 314 Å². The molecule has 0 saturated heterocycles. The summed E-state index contributed by atoms with van der Waals surface area (Å²) in [5.74, 6) is -1.16. The zero-order valence-corrected chi connectivity index (χ0v) is 34.3. The van der Waals surface area contributed by atoms with Gasteiger partial charge in [-0.1, -0.05) is 113 Å². The molecule has 2 aromatic heterocycles. The average molecular weight is 1020 g/mol. The minimum absolute atomic E-state index is 0. The van der Waals surface area contributed by atoms with Gasteiger partial charge in [0.1, 0.15) is 11.5 Å². The largest absolute Gasteiger partial charge is 0.512 e. The van der Waals surface area contributed by atoms with Crippen LogP contribution in [0.5, 0.6) is 0 Å². The van der Waals surface area contributed by atoms with Gasteiger partial charge in [-0.15, -0.1) is 29.8 Å². The van der Waals surface area contributed by atoms with Gasteiger partial charge in [0.2, 0.25) is 0 Å². The van der Waals surface area contributed by atoms with Crippen LogP contribution < -0.4 is 0 Å². The number of aromatic nitrogens is 2. The summed E-state index contributed by atoms with van der Waals surface area (Å²) in [4.78, 5) is 31.3. The van der Waals surface area contributed by atoms with Gasteiger partial charge >= 0.3 is 0 Å². The zero-order chi connectivity index (χ0) is 35.7. The predicted molar refractivity (Wildman–Crippen MR) is 180 cm³/mol. The quantitative estimate of drug-likeness (QED) is 0.154. The summed E-state index contributed by atoms with van der Waals surface area (Å²) in [5.41, 5.74) is 0.379. The minimum Gasteiger partial charge on any atom is -0.512 e. The molecular weight excluding hydrogens is 977 g/mol. The zero-order valence-electron chi connectivity index (χ0n) is 29.8. The number of pyridine rings is 2. The van der Waals surface area contributed by atoms with Gasteiger partial charge in [-0.3, -0.25) is 18.4 Å². The molecule has 6 nitrogen and oxygen atoms in total. The van der Waals surface area contributed by atoms with Crippen molar-refractivity contribution in [2.24, 2.45) is 21.7 Å². The number of halogens is 2. The summed E-state index contributed by atoms with van der Waals surface area (Å²) < 4.78 is 26.5. The van der Waals surface area contributed by atoms with Crippen molar-refractivity contribution in [1.82, 2.24) is 9.97 Å². The third kappa shape index (κ3) is 16.5. The Bertz CT molecular complexity index is 1480. The number of carbonyl (C=O) groups is 2. The van der Waals surface area contributed by atoms with Crippen molar-refractivity contribution in [3.05, 3.63) is 96.2 Å². The summed E-state index contributed by atoms with van der Waals surface area (Å²) >= 11 is 0. The first-order valence-corrected chi connectivity index (χ1v) is 14.9. The van der Waals surface area contributed by atoms with E-state index in [2.05, 4.69) is 22.1 Å². The second kappa shape index (κ2) is 19.4. The maximum absolute atomic E-state index is 13.6. The van der Waals surface area contributed by atoms with E-state index >= 15 is 0 Å². The monoisotopic (exact) mass is 1020 g/mol. The molecule has 3 rings (SSSR count). The molecule has 0 aliphatic rings. The van der Waals surface area contributed by atoms with E-state index in [1.165, 1.54) is 18.2 Å².